The number of hydrogen-bond acceptors (Lipinski definition) is 2. The van der Waals surface area contributed by atoms with Crippen molar-refractivity contribution in [2.45, 2.75) is 37.0 Å². The van der Waals surface area contributed by atoms with Crippen LogP contribution in [0, 0.1) is 0 Å². The topological polar surface area (TPSA) is 58.2 Å². The Morgan fingerprint density at radius 2 is 2.00 bits per heavy atom. The van der Waals surface area contributed by atoms with Gasteiger partial charge in [0.15, 0.2) is 5.67 Å². The lowest BCUT2D eigenvalue weighted by molar-refractivity contribution is -0.128. The Bertz CT molecular complexity index is 513. The lowest BCUT2D eigenvalue weighted by atomic mass is 10.0. The summed E-state index contributed by atoms with van der Waals surface area (Å²) < 4.78 is 13.7. The van der Waals surface area contributed by atoms with Crippen LogP contribution in [0.3, 0.4) is 0 Å². The van der Waals surface area contributed by atoms with Crippen LogP contribution >= 0.6 is 0 Å². The van der Waals surface area contributed by atoms with Gasteiger partial charge in [-0.25, -0.2) is 4.39 Å². The normalized spacial score (nSPS) is 27.7. The van der Waals surface area contributed by atoms with E-state index in [4.69, 9.17) is 0 Å². The minimum Gasteiger partial charge on any atom is -0.348 e. The first kappa shape index (κ1) is 12.1. The molecule has 2 N–H and O–H groups in total. The fraction of sp³-hybridized carbons (Fsp3) is 0.429. The number of nitrogens with one attached hydrogen (secondary N) is 2. The van der Waals surface area contributed by atoms with E-state index in [1.54, 1.807) is 0 Å². The Balaban J connectivity index is 1.75. The maximum atomic E-state index is 13.7. The SMILES string of the molecule is O=C1CC(NC(=O)C2(F)CC2)C(c2ccccc2)N1. The molecule has 2 unspecified atom stereocenters. The van der Waals surface area contributed by atoms with Gasteiger partial charge in [-0.05, 0) is 18.4 Å². The molecule has 2 aliphatic rings. The highest BCUT2D eigenvalue weighted by Crippen LogP contribution is 2.40. The van der Waals surface area contributed by atoms with Gasteiger partial charge >= 0.3 is 0 Å². The van der Waals surface area contributed by atoms with Gasteiger partial charge in [0, 0.05) is 6.42 Å². The Morgan fingerprint density at radius 1 is 1.32 bits per heavy atom. The number of alkyl halides is 1. The highest BCUT2D eigenvalue weighted by molar-refractivity contribution is 5.89. The van der Waals surface area contributed by atoms with Gasteiger partial charge in [-0.15, -0.1) is 0 Å². The molecular weight excluding hydrogens is 247 g/mol. The fourth-order valence-electron chi connectivity index (χ4n) is 2.40. The van der Waals surface area contributed by atoms with E-state index < -0.39 is 11.6 Å². The minimum atomic E-state index is -1.70. The zero-order chi connectivity index (χ0) is 13.5. The molecule has 100 valence electrons. The van der Waals surface area contributed by atoms with Crippen molar-refractivity contribution in [1.82, 2.24) is 10.6 Å². The number of halogens is 1. The minimum absolute atomic E-state index is 0.122. The van der Waals surface area contributed by atoms with E-state index >= 15 is 0 Å². The van der Waals surface area contributed by atoms with Gasteiger partial charge in [0.2, 0.25) is 5.91 Å². The summed E-state index contributed by atoms with van der Waals surface area (Å²) in [5.41, 5.74) is -0.783. The molecule has 0 radical (unpaired) electrons. The largest absolute Gasteiger partial charge is 0.348 e. The molecule has 1 saturated heterocycles. The van der Waals surface area contributed by atoms with Crippen LogP contribution in [0.4, 0.5) is 4.39 Å². The Hall–Kier alpha value is -1.91. The maximum Gasteiger partial charge on any atom is 0.257 e. The van der Waals surface area contributed by atoms with Crippen molar-refractivity contribution in [3.63, 3.8) is 0 Å². The average Bonchev–Trinajstić information content (AvgIpc) is 3.05. The number of carbonyl (C=O) groups excluding carboxylic acids is 2. The molecular formula is C14H15FN2O2. The summed E-state index contributed by atoms with van der Waals surface area (Å²) in [5.74, 6) is -0.710. The van der Waals surface area contributed by atoms with Crippen LogP contribution in [0.25, 0.3) is 0 Å². The summed E-state index contributed by atoms with van der Waals surface area (Å²) >= 11 is 0. The second-order valence-corrected chi connectivity index (χ2v) is 5.21. The standard InChI is InChI=1S/C14H15FN2O2/c15-14(6-7-14)13(19)16-10-8-11(18)17-12(10)9-4-2-1-3-5-9/h1-5,10,12H,6-8H2,(H,16,19)(H,17,18). The van der Waals surface area contributed by atoms with Crippen molar-refractivity contribution < 1.29 is 14.0 Å². The number of amides is 2. The molecule has 2 amide bonds. The van der Waals surface area contributed by atoms with Crippen LogP contribution in [-0.2, 0) is 9.59 Å². The number of hydrogen-bond donors (Lipinski definition) is 2. The summed E-state index contributed by atoms with van der Waals surface area (Å²) in [6.07, 6.45) is 0.757. The first-order chi connectivity index (χ1) is 9.08. The van der Waals surface area contributed by atoms with E-state index in [2.05, 4.69) is 10.6 Å². The third-order valence-corrected chi connectivity index (χ3v) is 3.70. The van der Waals surface area contributed by atoms with Crippen molar-refractivity contribution >= 4 is 11.8 Å². The Morgan fingerprint density at radius 3 is 2.63 bits per heavy atom. The van der Waals surface area contributed by atoms with Crippen LogP contribution in [-0.4, -0.2) is 23.5 Å². The molecule has 0 spiro atoms. The number of rotatable bonds is 3. The summed E-state index contributed by atoms with van der Waals surface area (Å²) in [4.78, 5) is 23.3. The molecule has 5 heteroatoms. The van der Waals surface area contributed by atoms with E-state index in [1.165, 1.54) is 0 Å². The third-order valence-electron chi connectivity index (χ3n) is 3.70. The molecule has 4 nitrogen and oxygen atoms in total. The zero-order valence-electron chi connectivity index (χ0n) is 10.4. The number of benzene rings is 1. The lowest BCUT2D eigenvalue weighted by Crippen LogP contribution is -2.43. The van der Waals surface area contributed by atoms with E-state index in [0.29, 0.717) is 0 Å². The molecule has 3 rings (SSSR count). The predicted molar refractivity (Wildman–Crippen MR) is 66.9 cm³/mol. The predicted octanol–water partition coefficient (Wildman–Crippen LogP) is 1.23. The third kappa shape index (κ3) is 2.32. The highest BCUT2D eigenvalue weighted by Gasteiger charge is 2.52. The van der Waals surface area contributed by atoms with Crippen LogP contribution in [0.1, 0.15) is 30.9 Å². The van der Waals surface area contributed by atoms with Crippen molar-refractivity contribution in [1.29, 1.82) is 0 Å². The van der Waals surface area contributed by atoms with Gasteiger partial charge in [-0.3, -0.25) is 9.59 Å². The number of carbonyl (C=O) groups is 2. The fourth-order valence-corrected chi connectivity index (χ4v) is 2.40. The molecule has 1 aliphatic heterocycles. The van der Waals surface area contributed by atoms with Crippen molar-refractivity contribution in [3.8, 4) is 0 Å². The molecule has 1 saturated carbocycles. The van der Waals surface area contributed by atoms with Crippen molar-refractivity contribution in [3.05, 3.63) is 35.9 Å². The van der Waals surface area contributed by atoms with E-state index in [0.717, 1.165) is 5.56 Å². The molecule has 2 fully saturated rings. The average molecular weight is 262 g/mol. The van der Waals surface area contributed by atoms with E-state index in [9.17, 15) is 14.0 Å². The summed E-state index contributed by atoms with van der Waals surface area (Å²) in [7, 11) is 0. The van der Waals surface area contributed by atoms with Crippen LogP contribution in [0.2, 0.25) is 0 Å². The van der Waals surface area contributed by atoms with Gasteiger partial charge < -0.3 is 10.6 Å². The van der Waals surface area contributed by atoms with Gasteiger partial charge in [-0.2, -0.15) is 0 Å². The first-order valence-electron chi connectivity index (χ1n) is 6.43. The van der Waals surface area contributed by atoms with Crippen LogP contribution in [0.15, 0.2) is 30.3 Å². The quantitative estimate of drug-likeness (QED) is 0.861. The van der Waals surface area contributed by atoms with Crippen LogP contribution in [0.5, 0.6) is 0 Å². The first-order valence-corrected chi connectivity index (χ1v) is 6.43. The van der Waals surface area contributed by atoms with Gasteiger partial charge in [0.05, 0.1) is 12.1 Å². The zero-order valence-corrected chi connectivity index (χ0v) is 10.4. The molecule has 1 aromatic carbocycles. The van der Waals surface area contributed by atoms with Gasteiger partial charge in [0.1, 0.15) is 0 Å². The molecule has 19 heavy (non-hydrogen) atoms. The van der Waals surface area contributed by atoms with Crippen molar-refractivity contribution in [2.75, 3.05) is 0 Å². The van der Waals surface area contributed by atoms with Crippen molar-refractivity contribution in [2.24, 2.45) is 0 Å². The summed E-state index contributed by atoms with van der Waals surface area (Å²) in [6, 6.07) is 8.74. The molecule has 1 heterocycles. The molecule has 1 aromatic rings. The second kappa shape index (κ2) is 4.33. The van der Waals surface area contributed by atoms with Gasteiger partial charge in [-0.1, -0.05) is 30.3 Å². The molecule has 1 aliphatic carbocycles. The summed E-state index contributed by atoms with van der Waals surface area (Å²) in [5, 5.41) is 5.48. The lowest BCUT2D eigenvalue weighted by Gasteiger charge is -2.21. The smallest absolute Gasteiger partial charge is 0.257 e. The molecule has 0 aromatic heterocycles. The second-order valence-electron chi connectivity index (χ2n) is 5.21. The Kier molecular flexibility index (Phi) is 2.77. The summed E-state index contributed by atoms with van der Waals surface area (Å²) in [6.45, 7) is 0. The monoisotopic (exact) mass is 262 g/mol. The van der Waals surface area contributed by atoms with Crippen LogP contribution < -0.4 is 10.6 Å². The molecule has 2 atom stereocenters. The van der Waals surface area contributed by atoms with Gasteiger partial charge in [0.25, 0.3) is 5.91 Å². The highest BCUT2D eigenvalue weighted by atomic mass is 19.1. The molecule has 0 bridgehead atoms. The Labute approximate surface area is 110 Å². The van der Waals surface area contributed by atoms with E-state index in [1.807, 2.05) is 30.3 Å². The van der Waals surface area contributed by atoms with E-state index in [-0.39, 0.29) is 37.3 Å². The maximum absolute atomic E-state index is 13.7.